The van der Waals surface area contributed by atoms with Crippen LogP contribution in [-0.4, -0.2) is 79.9 Å². The van der Waals surface area contributed by atoms with Gasteiger partial charge in [0.05, 0.1) is 26.8 Å². The summed E-state index contributed by atoms with van der Waals surface area (Å²) in [6.07, 6.45) is -0.280. The first-order chi connectivity index (χ1) is 14.2. The van der Waals surface area contributed by atoms with E-state index in [0.717, 1.165) is 11.5 Å². The second-order valence-corrected chi connectivity index (χ2v) is 8.32. The first-order valence-electron chi connectivity index (χ1n) is 10.00. The van der Waals surface area contributed by atoms with Crippen molar-refractivity contribution in [3.05, 3.63) is 29.3 Å². The van der Waals surface area contributed by atoms with Crippen molar-refractivity contribution in [2.24, 2.45) is 4.99 Å². The first kappa shape index (κ1) is 21.7. The van der Waals surface area contributed by atoms with Crippen LogP contribution in [0, 0.1) is 0 Å². The molecule has 9 heteroatoms. The highest BCUT2D eigenvalue weighted by atomic mass is 16.6. The number of ether oxygens (including phenoxy) is 3. The number of carbonyl (C=O) groups is 2. The van der Waals surface area contributed by atoms with Crippen molar-refractivity contribution in [3.8, 4) is 5.75 Å². The zero-order valence-corrected chi connectivity index (χ0v) is 18.2. The fourth-order valence-corrected chi connectivity index (χ4v) is 3.54. The molecule has 1 atom stereocenters. The molecule has 3 rings (SSSR count). The van der Waals surface area contributed by atoms with Crippen molar-refractivity contribution >= 4 is 18.0 Å². The minimum absolute atomic E-state index is 0.135. The number of hydrogen-bond donors (Lipinski definition) is 1. The van der Waals surface area contributed by atoms with Gasteiger partial charge in [-0.2, -0.15) is 0 Å². The molecule has 1 fully saturated rings. The van der Waals surface area contributed by atoms with Gasteiger partial charge in [0.25, 0.3) is 0 Å². The molecule has 0 bridgehead atoms. The van der Waals surface area contributed by atoms with Crippen molar-refractivity contribution in [2.45, 2.75) is 39.0 Å². The summed E-state index contributed by atoms with van der Waals surface area (Å²) in [5, 5.41) is 3.35. The lowest BCUT2D eigenvalue weighted by Crippen LogP contribution is -2.57. The Morgan fingerprint density at radius 1 is 1.23 bits per heavy atom. The number of nitrogens with zero attached hydrogens (tertiary/aromatic N) is 3. The van der Waals surface area contributed by atoms with Crippen LogP contribution in [0.3, 0.4) is 0 Å². The topological polar surface area (TPSA) is 92.7 Å². The van der Waals surface area contributed by atoms with Gasteiger partial charge in [-0.25, -0.2) is 9.59 Å². The molecule has 1 N–H and O–H groups in total. The predicted octanol–water partition coefficient (Wildman–Crippen LogP) is 1.86. The number of esters is 1. The second-order valence-electron chi connectivity index (χ2n) is 8.32. The quantitative estimate of drug-likeness (QED) is 0.746. The molecule has 9 nitrogen and oxygen atoms in total. The fraction of sp³-hybridized carbons (Fsp3) is 0.571. The number of carbonyl (C=O) groups excluding carboxylic acids is 2. The van der Waals surface area contributed by atoms with Crippen molar-refractivity contribution in [1.29, 1.82) is 0 Å². The number of piperazine rings is 1. The van der Waals surface area contributed by atoms with E-state index in [1.54, 1.807) is 17.0 Å². The van der Waals surface area contributed by atoms with Crippen molar-refractivity contribution in [1.82, 2.24) is 15.1 Å². The summed E-state index contributed by atoms with van der Waals surface area (Å²) < 4.78 is 15.5. The van der Waals surface area contributed by atoms with E-state index >= 15 is 0 Å². The fourth-order valence-electron chi connectivity index (χ4n) is 3.54. The molecule has 2 heterocycles. The minimum atomic E-state index is -0.505. The molecule has 164 valence electrons. The molecule has 1 aromatic rings. The number of methoxy groups -OCH3 is 2. The normalized spacial score (nSPS) is 18.4. The summed E-state index contributed by atoms with van der Waals surface area (Å²) >= 11 is 0. The molecule has 0 aromatic heterocycles. The van der Waals surface area contributed by atoms with E-state index in [2.05, 4.69) is 15.2 Å². The van der Waals surface area contributed by atoms with Gasteiger partial charge in [0.15, 0.2) is 5.96 Å². The minimum Gasteiger partial charge on any atom is -0.496 e. The second kappa shape index (κ2) is 8.81. The molecule has 0 spiro atoms. The number of nitrogens with one attached hydrogen (secondary N) is 1. The summed E-state index contributed by atoms with van der Waals surface area (Å²) in [4.78, 5) is 32.9. The van der Waals surface area contributed by atoms with E-state index in [1.165, 1.54) is 14.2 Å². The van der Waals surface area contributed by atoms with Gasteiger partial charge in [-0.3, -0.25) is 4.99 Å². The van der Waals surface area contributed by atoms with Gasteiger partial charge in [0.1, 0.15) is 16.9 Å². The average Bonchev–Trinajstić information content (AvgIpc) is 3.12. The standard InChI is InChI=1S/C21H30N4O5/c1-21(2,3)30-20(27)24-8-9-25-15(13-24)12-23-19(25)22-11-14-6-7-17(28-4)16(10-14)18(26)29-5/h6-7,10,15H,8-9,11-13H2,1-5H3,(H,22,23). The number of fused-ring (bicyclic) bond motifs is 1. The molecule has 1 saturated heterocycles. The third kappa shape index (κ3) is 4.95. The Morgan fingerprint density at radius 3 is 2.67 bits per heavy atom. The monoisotopic (exact) mass is 418 g/mol. The smallest absolute Gasteiger partial charge is 0.410 e. The van der Waals surface area contributed by atoms with Crippen LogP contribution in [0.15, 0.2) is 23.2 Å². The SMILES string of the molecule is COC(=O)c1cc(CNC2=NCC3CN(C(=O)OC(C)(C)C)CCN23)ccc1OC. The molecule has 1 amide bonds. The summed E-state index contributed by atoms with van der Waals surface area (Å²) in [5.41, 5.74) is 0.792. The molecule has 2 aliphatic rings. The van der Waals surface area contributed by atoms with E-state index in [-0.39, 0.29) is 12.1 Å². The zero-order valence-electron chi connectivity index (χ0n) is 18.2. The Morgan fingerprint density at radius 2 is 2.00 bits per heavy atom. The Hall–Kier alpha value is -2.97. The lowest BCUT2D eigenvalue weighted by atomic mass is 10.1. The molecule has 0 saturated carbocycles. The van der Waals surface area contributed by atoms with Gasteiger partial charge in [-0.05, 0) is 38.5 Å². The number of hydrogen-bond acceptors (Lipinski definition) is 8. The van der Waals surface area contributed by atoms with Gasteiger partial charge in [-0.15, -0.1) is 0 Å². The number of amides is 1. The largest absolute Gasteiger partial charge is 0.496 e. The number of aliphatic imine (C=N–C) groups is 1. The lowest BCUT2D eigenvalue weighted by Gasteiger charge is -2.39. The van der Waals surface area contributed by atoms with Crippen LogP contribution < -0.4 is 10.1 Å². The highest BCUT2D eigenvalue weighted by Gasteiger charge is 2.36. The van der Waals surface area contributed by atoms with Crippen LogP contribution in [0.4, 0.5) is 4.79 Å². The average molecular weight is 418 g/mol. The molecular formula is C21H30N4O5. The molecule has 1 unspecified atom stereocenters. The number of guanidine groups is 1. The highest BCUT2D eigenvalue weighted by molar-refractivity contribution is 5.92. The van der Waals surface area contributed by atoms with Crippen LogP contribution in [0.25, 0.3) is 0 Å². The number of benzene rings is 1. The third-order valence-corrected chi connectivity index (χ3v) is 4.98. The van der Waals surface area contributed by atoms with Crippen LogP contribution in [0.2, 0.25) is 0 Å². The van der Waals surface area contributed by atoms with E-state index in [0.29, 0.717) is 44.0 Å². The molecule has 0 radical (unpaired) electrons. The van der Waals surface area contributed by atoms with Crippen molar-refractivity contribution in [3.63, 3.8) is 0 Å². The Kier molecular flexibility index (Phi) is 6.38. The first-order valence-corrected chi connectivity index (χ1v) is 10.00. The van der Waals surface area contributed by atoms with Gasteiger partial charge < -0.3 is 29.3 Å². The van der Waals surface area contributed by atoms with Crippen LogP contribution in [0.5, 0.6) is 5.75 Å². The maximum Gasteiger partial charge on any atom is 0.410 e. The Balaban J connectivity index is 1.58. The van der Waals surface area contributed by atoms with E-state index in [9.17, 15) is 9.59 Å². The highest BCUT2D eigenvalue weighted by Crippen LogP contribution is 2.22. The maximum atomic E-state index is 12.3. The number of rotatable bonds is 4. The Bertz CT molecular complexity index is 833. The molecule has 2 aliphatic heterocycles. The van der Waals surface area contributed by atoms with Gasteiger partial charge in [-0.1, -0.05) is 6.07 Å². The summed E-state index contributed by atoms with van der Waals surface area (Å²) in [6, 6.07) is 5.54. The zero-order chi connectivity index (χ0) is 21.9. The van der Waals surface area contributed by atoms with Crippen LogP contribution >= 0.6 is 0 Å². The molecular weight excluding hydrogens is 388 g/mol. The maximum absolute atomic E-state index is 12.3. The van der Waals surface area contributed by atoms with E-state index < -0.39 is 11.6 Å². The summed E-state index contributed by atoms with van der Waals surface area (Å²) in [7, 11) is 2.86. The molecule has 0 aliphatic carbocycles. The van der Waals surface area contributed by atoms with Crippen LogP contribution in [-0.2, 0) is 16.0 Å². The van der Waals surface area contributed by atoms with Gasteiger partial charge >= 0.3 is 12.1 Å². The molecule has 30 heavy (non-hydrogen) atoms. The van der Waals surface area contributed by atoms with E-state index in [1.807, 2.05) is 26.8 Å². The van der Waals surface area contributed by atoms with Gasteiger partial charge in [0.2, 0.25) is 0 Å². The lowest BCUT2D eigenvalue weighted by molar-refractivity contribution is 0.0137. The van der Waals surface area contributed by atoms with Crippen molar-refractivity contribution < 1.29 is 23.8 Å². The van der Waals surface area contributed by atoms with E-state index in [4.69, 9.17) is 14.2 Å². The van der Waals surface area contributed by atoms with Crippen LogP contribution in [0.1, 0.15) is 36.7 Å². The molecule has 1 aromatic carbocycles. The predicted molar refractivity (Wildman–Crippen MR) is 112 cm³/mol. The Labute approximate surface area is 177 Å². The summed E-state index contributed by atoms with van der Waals surface area (Å²) in [5.74, 6) is 0.839. The van der Waals surface area contributed by atoms with Crippen molar-refractivity contribution in [2.75, 3.05) is 40.4 Å². The van der Waals surface area contributed by atoms with Gasteiger partial charge in [0, 0.05) is 26.2 Å². The summed E-state index contributed by atoms with van der Waals surface area (Å²) in [6.45, 7) is 8.58. The third-order valence-electron chi connectivity index (χ3n) is 4.98.